The largest absolute Gasteiger partial charge is 0.484 e. The van der Waals surface area contributed by atoms with Crippen LogP contribution in [0.5, 0.6) is 5.75 Å². The van der Waals surface area contributed by atoms with Crippen LogP contribution in [0, 0.1) is 11.7 Å². The number of rotatable bonds is 7. The number of amides is 1. The van der Waals surface area contributed by atoms with Gasteiger partial charge in [0.1, 0.15) is 11.6 Å². The molecule has 4 nitrogen and oxygen atoms in total. The zero-order chi connectivity index (χ0) is 15.1. The normalized spacial score (nSPS) is 12.3. The van der Waals surface area contributed by atoms with Crippen molar-refractivity contribution in [3.8, 4) is 5.75 Å². The Morgan fingerprint density at radius 3 is 2.50 bits per heavy atom. The van der Waals surface area contributed by atoms with Gasteiger partial charge < -0.3 is 15.4 Å². The lowest BCUT2D eigenvalue weighted by Crippen LogP contribution is -2.36. The van der Waals surface area contributed by atoms with E-state index < -0.39 is 0 Å². The highest BCUT2D eigenvalue weighted by Crippen LogP contribution is 2.11. The van der Waals surface area contributed by atoms with Crippen molar-refractivity contribution in [2.75, 3.05) is 20.2 Å². The summed E-state index contributed by atoms with van der Waals surface area (Å²) < 4.78 is 18.0. The maximum absolute atomic E-state index is 12.7. The predicted molar refractivity (Wildman–Crippen MR) is 77.0 cm³/mol. The first kappa shape index (κ1) is 16.4. The third-order valence-electron chi connectivity index (χ3n) is 3.26. The van der Waals surface area contributed by atoms with E-state index in [0.29, 0.717) is 18.2 Å². The number of nitrogens with zero attached hydrogens (tertiary/aromatic N) is 1. The summed E-state index contributed by atoms with van der Waals surface area (Å²) in [4.78, 5) is 13.5. The summed E-state index contributed by atoms with van der Waals surface area (Å²) in [6.45, 7) is 4.66. The topological polar surface area (TPSA) is 55.6 Å². The molecular formula is C15H23FN2O2. The number of carbonyl (C=O) groups excluding carboxylic acids is 1. The Hall–Kier alpha value is -1.62. The predicted octanol–water partition coefficient (Wildman–Crippen LogP) is 2.04. The minimum absolute atomic E-state index is 0.0565. The highest BCUT2D eigenvalue weighted by molar-refractivity contribution is 5.77. The molecule has 0 fully saturated rings. The van der Waals surface area contributed by atoms with Crippen LogP contribution in [0.3, 0.4) is 0 Å². The Morgan fingerprint density at radius 1 is 1.35 bits per heavy atom. The van der Waals surface area contributed by atoms with Crippen LogP contribution in [0.15, 0.2) is 24.3 Å². The van der Waals surface area contributed by atoms with Gasteiger partial charge in [0.15, 0.2) is 6.61 Å². The molecule has 1 unspecified atom stereocenters. The first-order valence-electron chi connectivity index (χ1n) is 6.78. The Bertz CT molecular complexity index is 420. The summed E-state index contributed by atoms with van der Waals surface area (Å²) >= 11 is 0. The van der Waals surface area contributed by atoms with Crippen molar-refractivity contribution in [3.05, 3.63) is 30.1 Å². The van der Waals surface area contributed by atoms with Crippen molar-refractivity contribution in [1.82, 2.24) is 4.90 Å². The van der Waals surface area contributed by atoms with Crippen molar-refractivity contribution in [1.29, 1.82) is 0 Å². The molecule has 1 amide bonds. The lowest BCUT2D eigenvalue weighted by molar-refractivity contribution is -0.132. The number of nitrogens with two attached hydrogens (primary N) is 1. The van der Waals surface area contributed by atoms with Gasteiger partial charge in [-0.1, -0.05) is 13.8 Å². The maximum atomic E-state index is 12.7. The van der Waals surface area contributed by atoms with Gasteiger partial charge in [0.25, 0.3) is 5.91 Å². The summed E-state index contributed by atoms with van der Waals surface area (Å²) in [6, 6.07) is 5.67. The van der Waals surface area contributed by atoms with Crippen LogP contribution >= 0.6 is 0 Å². The average molecular weight is 282 g/mol. The van der Waals surface area contributed by atoms with Gasteiger partial charge in [-0.3, -0.25) is 4.79 Å². The standard InChI is InChI=1S/C15H23FN2O2/c1-11(2)14(17)8-9-18(3)15(19)10-20-13-6-4-12(16)5-7-13/h4-7,11,14H,8-10,17H2,1-3H3. The molecule has 1 atom stereocenters. The van der Waals surface area contributed by atoms with Gasteiger partial charge in [-0.15, -0.1) is 0 Å². The molecule has 0 radical (unpaired) electrons. The van der Waals surface area contributed by atoms with Crippen LogP contribution in [0.25, 0.3) is 0 Å². The molecule has 0 aliphatic rings. The lowest BCUT2D eigenvalue weighted by atomic mass is 10.0. The van der Waals surface area contributed by atoms with Crippen LogP contribution in [-0.2, 0) is 4.79 Å². The van der Waals surface area contributed by atoms with Crippen molar-refractivity contribution >= 4 is 5.91 Å². The lowest BCUT2D eigenvalue weighted by Gasteiger charge is -2.21. The number of hydrogen-bond donors (Lipinski definition) is 1. The van der Waals surface area contributed by atoms with Crippen LogP contribution in [0.1, 0.15) is 20.3 Å². The number of carbonyl (C=O) groups is 1. The minimum atomic E-state index is -0.330. The van der Waals surface area contributed by atoms with Crippen molar-refractivity contribution < 1.29 is 13.9 Å². The highest BCUT2D eigenvalue weighted by Gasteiger charge is 2.13. The second-order valence-electron chi connectivity index (χ2n) is 5.25. The van der Waals surface area contributed by atoms with Crippen LogP contribution < -0.4 is 10.5 Å². The molecule has 0 saturated carbocycles. The second kappa shape index (κ2) is 7.85. The SMILES string of the molecule is CC(C)C(N)CCN(C)C(=O)COc1ccc(F)cc1. The number of likely N-dealkylation sites (N-methyl/N-ethyl adjacent to an activating group) is 1. The van der Waals surface area contributed by atoms with E-state index in [9.17, 15) is 9.18 Å². The molecule has 0 aromatic heterocycles. The molecule has 0 aliphatic carbocycles. The van der Waals surface area contributed by atoms with E-state index in [1.165, 1.54) is 24.3 Å². The van der Waals surface area contributed by atoms with Crippen molar-refractivity contribution in [3.63, 3.8) is 0 Å². The quantitative estimate of drug-likeness (QED) is 0.832. The van der Waals surface area contributed by atoms with Gasteiger partial charge in [0, 0.05) is 19.6 Å². The Kier molecular flexibility index (Phi) is 6.45. The molecule has 5 heteroatoms. The molecule has 0 heterocycles. The average Bonchev–Trinajstić information content (AvgIpc) is 2.43. The Morgan fingerprint density at radius 2 is 1.95 bits per heavy atom. The van der Waals surface area contributed by atoms with Crippen molar-refractivity contribution in [2.24, 2.45) is 11.7 Å². The zero-order valence-electron chi connectivity index (χ0n) is 12.3. The molecule has 20 heavy (non-hydrogen) atoms. The fourth-order valence-electron chi connectivity index (χ4n) is 1.59. The molecule has 112 valence electrons. The Balaban J connectivity index is 2.33. The summed E-state index contributed by atoms with van der Waals surface area (Å²) in [5.74, 6) is 0.426. The minimum Gasteiger partial charge on any atom is -0.484 e. The second-order valence-corrected chi connectivity index (χ2v) is 5.25. The first-order valence-corrected chi connectivity index (χ1v) is 6.78. The third-order valence-corrected chi connectivity index (χ3v) is 3.26. The maximum Gasteiger partial charge on any atom is 0.260 e. The highest BCUT2D eigenvalue weighted by atomic mass is 19.1. The summed E-state index contributed by atoms with van der Waals surface area (Å²) in [5, 5.41) is 0. The number of benzene rings is 1. The molecule has 1 rings (SSSR count). The van der Waals surface area contributed by atoms with Crippen LogP contribution in [0.4, 0.5) is 4.39 Å². The van der Waals surface area contributed by atoms with E-state index in [0.717, 1.165) is 6.42 Å². The smallest absolute Gasteiger partial charge is 0.260 e. The van der Waals surface area contributed by atoms with E-state index in [1.807, 2.05) is 0 Å². The van der Waals surface area contributed by atoms with Gasteiger partial charge >= 0.3 is 0 Å². The molecule has 0 spiro atoms. The summed E-state index contributed by atoms with van der Waals surface area (Å²) in [5.41, 5.74) is 5.94. The van der Waals surface area contributed by atoms with Gasteiger partial charge in [-0.2, -0.15) is 0 Å². The van der Waals surface area contributed by atoms with E-state index in [2.05, 4.69) is 13.8 Å². The van der Waals surface area contributed by atoms with Gasteiger partial charge in [0.2, 0.25) is 0 Å². The molecule has 1 aromatic rings. The van der Waals surface area contributed by atoms with E-state index >= 15 is 0 Å². The van der Waals surface area contributed by atoms with E-state index in [4.69, 9.17) is 10.5 Å². The van der Waals surface area contributed by atoms with Crippen molar-refractivity contribution in [2.45, 2.75) is 26.3 Å². The van der Waals surface area contributed by atoms with Crippen LogP contribution in [-0.4, -0.2) is 37.0 Å². The van der Waals surface area contributed by atoms with Crippen LogP contribution in [0.2, 0.25) is 0 Å². The van der Waals surface area contributed by atoms with Gasteiger partial charge in [-0.05, 0) is 36.6 Å². The van der Waals surface area contributed by atoms with Gasteiger partial charge in [-0.25, -0.2) is 4.39 Å². The monoisotopic (exact) mass is 282 g/mol. The van der Waals surface area contributed by atoms with Gasteiger partial charge in [0.05, 0.1) is 0 Å². The number of hydrogen-bond acceptors (Lipinski definition) is 3. The Labute approximate surface area is 119 Å². The summed E-state index contributed by atoms with van der Waals surface area (Å²) in [7, 11) is 1.73. The number of ether oxygens (including phenoxy) is 1. The molecule has 2 N–H and O–H groups in total. The molecule has 0 bridgehead atoms. The zero-order valence-corrected chi connectivity index (χ0v) is 12.3. The fraction of sp³-hybridized carbons (Fsp3) is 0.533. The molecular weight excluding hydrogens is 259 g/mol. The molecule has 1 aromatic carbocycles. The first-order chi connectivity index (χ1) is 9.40. The number of halogens is 1. The van der Waals surface area contributed by atoms with E-state index in [-0.39, 0.29) is 24.4 Å². The molecule has 0 saturated heterocycles. The third kappa shape index (κ3) is 5.57. The van der Waals surface area contributed by atoms with E-state index in [1.54, 1.807) is 11.9 Å². The summed E-state index contributed by atoms with van der Waals surface area (Å²) in [6.07, 6.45) is 0.760. The molecule has 0 aliphatic heterocycles. The fourth-order valence-corrected chi connectivity index (χ4v) is 1.59.